The van der Waals surface area contributed by atoms with Gasteiger partial charge in [0.2, 0.25) is 0 Å². The van der Waals surface area contributed by atoms with Crippen LogP contribution in [-0.4, -0.2) is 23.7 Å². The van der Waals surface area contributed by atoms with Crippen LogP contribution in [0.2, 0.25) is 0 Å². The molecule has 1 aromatic carbocycles. The Hall–Kier alpha value is -1.66. The first-order valence-corrected chi connectivity index (χ1v) is 7.24. The van der Waals surface area contributed by atoms with Gasteiger partial charge < -0.3 is 10.3 Å². The van der Waals surface area contributed by atoms with Crippen LogP contribution in [0, 0.1) is 0 Å². The van der Waals surface area contributed by atoms with Gasteiger partial charge in [0.25, 0.3) is 0 Å². The van der Waals surface area contributed by atoms with E-state index in [2.05, 4.69) is 4.98 Å². The molecule has 6 heteroatoms. The van der Waals surface area contributed by atoms with Crippen LogP contribution >= 0.6 is 0 Å². The summed E-state index contributed by atoms with van der Waals surface area (Å²) in [6, 6.07) is 6.76. The third-order valence-electron chi connectivity index (χ3n) is 2.67. The highest BCUT2D eigenvalue weighted by Crippen LogP contribution is 2.13. The minimum absolute atomic E-state index is 0.0530. The van der Waals surface area contributed by atoms with Gasteiger partial charge in [-0.15, -0.1) is 0 Å². The average Bonchev–Trinajstić information content (AvgIpc) is 2.90. The Kier molecular flexibility index (Phi) is 3.78. The van der Waals surface area contributed by atoms with Gasteiger partial charge in [-0.3, -0.25) is 0 Å². The molecule has 0 bridgehead atoms. The molecule has 0 saturated heterocycles. The van der Waals surface area contributed by atoms with Crippen LogP contribution in [0.25, 0.3) is 0 Å². The Morgan fingerprint density at radius 3 is 2.83 bits per heavy atom. The van der Waals surface area contributed by atoms with Crippen LogP contribution in [0.3, 0.4) is 0 Å². The van der Waals surface area contributed by atoms with E-state index in [9.17, 15) is 8.42 Å². The van der Waals surface area contributed by atoms with Gasteiger partial charge >= 0.3 is 0 Å². The minimum Gasteiger partial charge on any atom is -0.336 e. The highest BCUT2D eigenvalue weighted by Gasteiger charge is 2.14. The Morgan fingerprint density at radius 2 is 2.17 bits per heavy atom. The summed E-state index contributed by atoms with van der Waals surface area (Å²) in [6.45, 7) is 0.736. The number of hydrogen-bond acceptors (Lipinski definition) is 4. The van der Waals surface area contributed by atoms with E-state index >= 15 is 0 Å². The number of rotatable bonds is 5. The van der Waals surface area contributed by atoms with Gasteiger partial charge in [0, 0.05) is 25.5 Å². The molecule has 0 spiro atoms. The molecular formula is C12H15N3O2S. The molecule has 0 amide bonds. The molecule has 0 fully saturated rings. The molecule has 0 aliphatic carbocycles. The summed E-state index contributed by atoms with van der Waals surface area (Å²) in [6.07, 6.45) is 4.97. The molecule has 0 aliphatic heterocycles. The maximum Gasteiger partial charge on any atom is 0.180 e. The van der Waals surface area contributed by atoms with E-state index in [1.807, 2.05) is 6.07 Å². The lowest BCUT2D eigenvalue weighted by atomic mass is 10.2. The predicted molar refractivity (Wildman–Crippen MR) is 68.6 cm³/mol. The second kappa shape index (κ2) is 5.32. The van der Waals surface area contributed by atoms with Gasteiger partial charge in [-0.25, -0.2) is 13.4 Å². The SMILES string of the molecule is NCc1cccc(S(=O)(=O)CCn2ccnc2)c1. The van der Waals surface area contributed by atoms with E-state index < -0.39 is 9.84 Å². The van der Waals surface area contributed by atoms with Crippen molar-refractivity contribution in [2.24, 2.45) is 5.73 Å². The summed E-state index contributed by atoms with van der Waals surface area (Å²) in [5, 5.41) is 0. The molecule has 0 atom stereocenters. The fourth-order valence-electron chi connectivity index (χ4n) is 1.63. The van der Waals surface area contributed by atoms with Crippen molar-refractivity contribution < 1.29 is 8.42 Å². The summed E-state index contributed by atoms with van der Waals surface area (Å²) in [5.74, 6) is 0.0530. The molecular weight excluding hydrogens is 250 g/mol. The number of nitrogens with two attached hydrogens (primary N) is 1. The number of benzene rings is 1. The van der Waals surface area contributed by atoms with Crippen LogP contribution < -0.4 is 5.73 Å². The van der Waals surface area contributed by atoms with Gasteiger partial charge in [0.15, 0.2) is 9.84 Å². The van der Waals surface area contributed by atoms with Crippen LogP contribution in [0.15, 0.2) is 47.9 Å². The Balaban J connectivity index is 2.14. The summed E-state index contributed by atoms with van der Waals surface area (Å²) < 4.78 is 26.0. The molecule has 1 aromatic heterocycles. The smallest absolute Gasteiger partial charge is 0.180 e. The molecule has 0 unspecified atom stereocenters. The Labute approximate surface area is 106 Å². The highest BCUT2D eigenvalue weighted by molar-refractivity contribution is 7.91. The van der Waals surface area contributed by atoms with E-state index in [0.29, 0.717) is 18.0 Å². The number of hydrogen-bond donors (Lipinski definition) is 1. The zero-order valence-electron chi connectivity index (χ0n) is 9.86. The number of aryl methyl sites for hydroxylation is 1. The van der Waals surface area contributed by atoms with Crippen molar-refractivity contribution in [3.8, 4) is 0 Å². The molecule has 5 nitrogen and oxygen atoms in total. The summed E-state index contributed by atoms with van der Waals surface area (Å²) in [5.41, 5.74) is 6.32. The first-order chi connectivity index (χ1) is 8.62. The predicted octanol–water partition coefficient (Wildman–Crippen LogP) is 0.816. The minimum atomic E-state index is -3.27. The third-order valence-corrected chi connectivity index (χ3v) is 4.36. The van der Waals surface area contributed by atoms with Crippen molar-refractivity contribution in [3.63, 3.8) is 0 Å². The van der Waals surface area contributed by atoms with Crippen molar-refractivity contribution in [3.05, 3.63) is 48.5 Å². The molecule has 2 N–H and O–H groups in total. The molecule has 1 heterocycles. The summed E-state index contributed by atoms with van der Waals surface area (Å²) in [4.78, 5) is 4.20. The molecule has 0 aliphatic rings. The van der Waals surface area contributed by atoms with E-state index in [1.54, 1.807) is 41.5 Å². The van der Waals surface area contributed by atoms with Gasteiger partial charge in [0.05, 0.1) is 17.0 Å². The topological polar surface area (TPSA) is 78.0 Å². The van der Waals surface area contributed by atoms with Crippen LogP contribution in [0.4, 0.5) is 0 Å². The van der Waals surface area contributed by atoms with Gasteiger partial charge in [-0.1, -0.05) is 12.1 Å². The average molecular weight is 265 g/mol. The van der Waals surface area contributed by atoms with Crippen LogP contribution in [0.1, 0.15) is 5.56 Å². The fraction of sp³-hybridized carbons (Fsp3) is 0.250. The van der Waals surface area contributed by atoms with E-state index in [4.69, 9.17) is 5.73 Å². The molecule has 18 heavy (non-hydrogen) atoms. The molecule has 2 aromatic rings. The maximum atomic E-state index is 12.1. The lowest BCUT2D eigenvalue weighted by molar-refractivity contribution is 0.588. The first-order valence-electron chi connectivity index (χ1n) is 5.59. The Bertz CT molecular complexity index is 606. The number of imidazole rings is 1. The van der Waals surface area contributed by atoms with Crippen LogP contribution in [-0.2, 0) is 22.9 Å². The Morgan fingerprint density at radius 1 is 1.33 bits per heavy atom. The van der Waals surface area contributed by atoms with E-state index in [-0.39, 0.29) is 5.75 Å². The van der Waals surface area contributed by atoms with Crippen LogP contribution in [0.5, 0.6) is 0 Å². The normalized spacial score (nSPS) is 11.6. The molecule has 96 valence electrons. The van der Waals surface area contributed by atoms with E-state index in [0.717, 1.165) is 5.56 Å². The number of aromatic nitrogens is 2. The van der Waals surface area contributed by atoms with Gasteiger partial charge in [0.1, 0.15) is 0 Å². The monoisotopic (exact) mass is 265 g/mol. The zero-order chi connectivity index (χ0) is 13.0. The van der Waals surface area contributed by atoms with Gasteiger partial charge in [-0.2, -0.15) is 0 Å². The van der Waals surface area contributed by atoms with Crippen molar-refractivity contribution in [1.29, 1.82) is 0 Å². The number of nitrogens with zero attached hydrogens (tertiary/aromatic N) is 2. The summed E-state index contributed by atoms with van der Waals surface area (Å²) in [7, 11) is -3.27. The highest BCUT2D eigenvalue weighted by atomic mass is 32.2. The van der Waals surface area contributed by atoms with Crippen molar-refractivity contribution >= 4 is 9.84 Å². The van der Waals surface area contributed by atoms with Crippen molar-refractivity contribution in [2.45, 2.75) is 18.0 Å². The first kappa shape index (κ1) is 12.8. The second-order valence-electron chi connectivity index (χ2n) is 3.97. The van der Waals surface area contributed by atoms with E-state index in [1.165, 1.54) is 0 Å². The quantitative estimate of drug-likeness (QED) is 0.868. The maximum absolute atomic E-state index is 12.1. The largest absolute Gasteiger partial charge is 0.336 e. The van der Waals surface area contributed by atoms with Crippen molar-refractivity contribution in [1.82, 2.24) is 9.55 Å². The molecule has 0 radical (unpaired) electrons. The molecule has 2 rings (SSSR count). The second-order valence-corrected chi connectivity index (χ2v) is 6.08. The standard InChI is InChI=1S/C12H15N3O2S/c13-9-11-2-1-3-12(8-11)18(16,17)7-6-15-5-4-14-10-15/h1-5,8,10H,6-7,9,13H2. The van der Waals surface area contributed by atoms with Gasteiger partial charge in [-0.05, 0) is 17.7 Å². The third kappa shape index (κ3) is 2.96. The zero-order valence-corrected chi connectivity index (χ0v) is 10.7. The lowest BCUT2D eigenvalue weighted by Gasteiger charge is -2.06. The fourth-order valence-corrected chi connectivity index (χ4v) is 2.93. The van der Waals surface area contributed by atoms with Crippen molar-refractivity contribution in [2.75, 3.05) is 5.75 Å². The molecule has 0 saturated carbocycles. The lowest BCUT2D eigenvalue weighted by Crippen LogP contribution is -2.13. The summed E-state index contributed by atoms with van der Waals surface area (Å²) >= 11 is 0. The number of sulfone groups is 1.